The summed E-state index contributed by atoms with van der Waals surface area (Å²) in [6.07, 6.45) is 0. The highest BCUT2D eigenvalue weighted by Gasteiger charge is 2.31. The van der Waals surface area contributed by atoms with Gasteiger partial charge in [-0.25, -0.2) is 0 Å². The number of hydrogen-bond donors (Lipinski definition) is 4. The Morgan fingerprint density at radius 1 is 0.896 bits per heavy atom. The summed E-state index contributed by atoms with van der Waals surface area (Å²) >= 11 is 11.0. The average molecular weight is 686 g/mol. The molecule has 4 N–H and O–H groups in total. The fraction of sp³-hybridized carbons (Fsp3) is 0.257. The molecule has 1 aliphatic rings. The van der Waals surface area contributed by atoms with Gasteiger partial charge in [0.05, 0.1) is 37.5 Å². The van der Waals surface area contributed by atoms with E-state index in [4.69, 9.17) is 33.9 Å². The predicted molar refractivity (Wildman–Crippen MR) is 184 cm³/mol. The van der Waals surface area contributed by atoms with Gasteiger partial charge in [-0.15, -0.1) is 0 Å². The lowest BCUT2D eigenvalue weighted by Crippen LogP contribution is -3.12. The van der Waals surface area contributed by atoms with Crippen LogP contribution in [0.5, 0.6) is 17.5 Å². The summed E-state index contributed by atoms with van der Waals surface area (Å²) in [6.45, 7) is 7.15. The smallest absolute Gasteiger partial charge is 0.259 e. The van der Waals surface area contributed by atoms with Crippen LogP contribution >= 0.6 is 24.4 Å². The molecule has 0 spiro atoms. The fourth-order valence-corrected chi connectivity index (χ4v) is 6.86. The highest BCUT2D eigenvalue weighted by Crippen LogP contribution is 2.39. The number of methoxy groups -OCH3 is 1. The Morgan fingerprint density at radius 2 is 1.48 bits per heavy atom. The number of nitrogens with one attached hydrogen (secondary N) is 3. The van der Waals surface area contributed by atoms with Gasteiger partial charge in [0, 0.05) is 16.8 Å². The fourth-order valence-electron chi connectivity index (χ4n) is 6.29. The Morgan fingerprint density at radius 3 is 2.08 bits per heavy atom. The van der Waals surface area contributed by atoms with E-state index in [2.05, 4.69) is 9.97 Å². The van der Waals surface area contributed by atoms with E-state index in [0.29, 0.717) is 42.4 Å². The van der Waals surface area contributed by atoms with Crippen LogP contribution in [-0.2, 0) is 11.3 Å². The first-order valence-electron chi connectivity index (χ1n) is 15.4. The summed E-state index contributed by atoms with van der Waals surface area (Å²) in [4.78, 5) is 34.4. The number of aromatic hydroxyl groups is 1. The quantitative estimate of drug-likeness (QED) is 0.183. The zero-order valence-corrected chi connectivity index (χ0v) is 28.3. The molecule has 0 bridgehead atoms. The number of nitrogens with zero attached hydrogens (tertiary/aromatic N) is 2. The van der Waals surface area contributed by atoms with Crippen molar-refractivity contribution >= 4 is 24.4 Å². The molecule has 13 heteroatoms. The van der Waals surface area contributed by atoms with Crippen LogP contribution in [0.2, 0.25) is 0 Å². The Balaban J connectivity index is 1.67. The molecule has 0 aliphatic carbocycles. The van der Waals surface area contributed by atoms with E-state index in [0.717, 1.165) is 29.8 Å². The van der Waals surface area contributed by atoms with E-state index >= 15 is 0 Å². The topological polar surface area (TPSA) is 142 Å². The lowest BCUT2D eigenvalue weighted by atomic mass is 9.85. The van der Waals surface area contributed by atoms with E-state index in [1.807, 2.05) is 32.0 Å². The molecule has 11 nitrogen and oxygen atoms in total. The number of hydrogen-bond acceptors (Lipinski definition) is 8. The number of benzene rings is 3. The van der Waals surface area contributed by atoms with Gasteiger partial charge in [-0.1, -0.05) is 30.3 Å². The highest BCUT2D eigenvalue weighted by molar-refractivity contribution is 7.71. The highest BCUT2D eigenvalue weighted by atomic mass is 32.1. The summed E-state index contributed by atoms with van der Waals surface area (Å²) in [5, 5.41) is 26.5. The minimum atomic E-state index is -1.34. The average Bonchev–Trinajstić information content (AvgIpc) is 3.04. The number of quaternary nitrogens is 1. The SMILES string of the molecule is COc1ccc(C(c2c([O-])n(-c3cccc(C)c3)c(=S)[nH]c2=O)c2c(O)n(-c3cccc(C)c3)c(=S)[nH]c2=O)cc1C[NH+]1CCOCC1. The standard InChI is InChI=1S/C35H35N5O6S2/c1-20-6-4-8-24(16-20)39-32(43)28(30(41)36-34(39)47)27(22-10-11-26(45-3)23(18-22)19-38-12-14-46-15-13-38)29-31(42)37-35(48)40(33(29)44)25-9-5-7-21(2)17-25/h4-11,16-18,27,43-44H,12-15,19H2,1-3H3,(H,36,41,47)(H,37,42,48). The van der Waals surface area contributed by atoms with Crippen molar-refractivity contribution in [3.8, 4) is 28.9 Å². The zero-order chi connectivity index (χ0) is 34.1. The summed E-state index contributed by atoms with van der Waals surface area (Å²) in [7, 11) is 1.57. The molecular weight excluding hydrogens is 651 g/mol. The monoisotopic (exact) mass is 685 g/mol. The van der Waals surface area contributed by atoms with Crippen LogP contribution in [0.1, 0.15) is 39.3 Å². The number of H-pyrrole nitrogens is 2. The molecule has 1 saturated heterocycles. The van der Waals surface area contributed by atoms with E-state index in [-0.39, 0.29) is 20.7 Å². The van der Waals surface area contributed by atoms with E-state index in [1.165, 1.54) is 14.0 Å². The first-order chi connectivity index (χ1) is 23.1. The van der Waals surface area contributed by atoms with Crippen molar-refractivity contribution in [2.24, 2.45) is 0 Å². The number of aryl methyl sites for hydroxylation is 2. The van der Waals surface area contributed by atoms with Crippen molar-refractivity contribution < 1.29 is 24.6 Å². The maximum Gasteiger partial charge on any atom is 0.259 e. The number of rotatable bonds is 8. The van der Waals surface area contributed by atoms with Gasteiger partial charge >= 0.3 is 0 Å². The van der Waals surface area contributed by atoms with Gasteiger partial charge in [-0.05, 0) is 97.3 Å². The largest absolute Gasteiger partial charge is 0.859 e. The van der Waals surface area contributed by atoms with Crippen LogP contribution in [0.15, 0.2) is 76.3 Å². The van der Waals surface area contributed by atoms with Gasteiger partial charge in [-0.2, -0.15) is 0 Å². The van der Waals surface area contributed by atoms with Crippen molar-refractivity contribution in [2.45, 2.75) is 26.3 Å². The van der Waals surface area contributed by atoms with Crippen molar-refractivity contribution in [1.29, 1.82) is 0 Å². The lowest BCUT2D eigenvalue weighted by molar-refractivity contribution is -0.921. The van der Waals surface area contributed by atoms with Gasteiger partial charge in [0.1, 0.15) is 25.4 Å². The molecule has 1 atom stereocenters. The third-order valence-electron chi connectivity index (χ3n) is 8.60. The zero-order valence-electron chi connectivity index (χ0n) is 26.7. The second-order valence-electron chi connectivity index (χ2n) is 11.9. The van der Waals surface area contributed by atoms with Gasteiger partial charge in [0.15, 0.2) is 9.54 Å². The molecule has 2 aromatic heterocycles. The maximum absolute atomic E-state index is 14.5. The van der Waals surface area contributed by atoms with Crippen molar-refractivity contribution in [1.82, 2.24) is 19.1 Å². The van der Waals surface area contributed by atoms with Crippen LogP contribution < -0.4 is 25.9 Å². The molecule has 1 unspecified atom stereocenters. The van der Waals surface area contributed by atoms with Crippen molar-refractivity contribution in [2.75, 3.05) is 33.4 Å². The number of aromatic nitrogens is 4. The molecule has 0 saturated carbocycles. The van der Waals surface area contributed by atoms with Gasteiger partial charge in [0.2, 0.25) is 5.88 Å². The van der Waals surface area contributed by atoms with E-state index in [9.17, 15) is 19.8 Å². The summed E-state index contributed by atoms with van der Waals surface area (Å²) < 4.78 is 13.7. The van der Waals surface area contributed by atoms with E-state index < -0.39 is 28.8 Å². The first kappa shape index (κ1) is 33.1. The lowest BCUT2D eigenvalue weighted by Gasteiger charge is -2.28. The van der Waals surface area contributed by atoms with E-state index in [1.54, 1.807) is 55.6 Å². The molecule has 48 heavy (non-hydrogen) atoms. The molecule has 1 aliphatic heterocycles. The molecule has 6 rings (SSSR count). The van der Waals surface area contributed by atoms with Crippen LogP contribution in [0.25, 0.3) is 11.4 Å². The van der Waals surface area contributed by atoms with Crippen LogP contribution in [0.3, 0.4) is 0 Å². The van der Waals surface area contributed by atoms with Crippen LogP contribution in [0.4, 0.5) is 0 Å². The molecule has 1 fully saturated rings. The Bertz CT molecular complexity index is 2130. The minimum Gasteiger partial charge on any atom is -0.859 e. The molecule has 3 aromatic carbocycles. The summed E-state index contributed by atoms with van der Waals surface area (Å²) in [6, 6.07) is 19.6. The van der Waals surface area contributed by atoms with Crippen molar-refractivity contribution in [3.63, 3.8) is 0 Å². The third kappa shape index (κ3) is 6.37. The molecule has 248 valence electrons. The first-order valence-corrected chi connectivity index (χ1v) is 16.3. The maximum atomic E-state index is 14.5. The Labute approximate surface area is 286 Å². The number of aromatic amines is 2. The van der Waals surface area contributed by atoms with Gasteiger partial charge < -0.3 is 29.2 Å². The third-order valence-corrected chi connectivity index (χ3v) is 9.17. The van der Waals surface area contributed by atoms with Crippen LogP contribution in [0, 0.1) is 23.4 Å². The summed E-state index contributed by atoms with van der Waals surface area (Å²) in [5.74, 6) is -1.96. The second kappa shape index (κ2) is 13.7. The molecule has 0 radical (unpaired) electrons. The Hall–Kier alpha value is -4.82. The van der Waals surface area contributed by atoms with Gasteiger partial charge in [0.25, 0.3) is 11.1 Å². The Kier molecular flexibility index (Phi) is 9.47. The second-order valence-corrected chi connectivity index (χ2v) is 12.6. The normalized spacial score (nSPS) is 14.1. The summed E-state index contributed by atoms with van der Waals surface area (Å²) in [5.41, 5.74) is 1.87. The van der Waals surface area contributed by atoms with Crippen molar-refractivity contribution in [3.05, 3.63) is 130 Å². The van der Waals surface area contributed by atoms with Crippen LogP contribution in [-0.4, -0.2) is 57.6 Å². The van der Waals surface area contributed by atoms with Gasteiger partial charge in [-0.3, -0.25) is 24.1 Å². The molecule has 0 amide bonds. The number of ether oxygens (including phenoxy) is 2. The minimum absolute atomic E-state index is 0.0519. The molecule has 3 heterocycles. The molecule has 5 aromatic rings. The number of morpholine rings is 1. The molecular formula is C35H35N5O6S2. The predicted octanol–water partition coefficient (Wildman–Crippen LogP) is 3.10.